The summed E-state index contributed by atoms with van der Waals surface area (Å²) in [4.78, 5) is 37.0. The molecule has 0 saturated heterocycles. The van der Waals surface area contributed by atoms with E-state index in [0.29, 0.717) is 10.6 Å². The smallest absolute Gasteiger partial charge is 0.321 e. The van der Waals surface area contributed by atoms with Gasteiger partial charge in [-0.1, -0.05) is 23.8 Å². The van der Waals surface area contributed by atoms with Crippen LogP contribution < -0.4 is 0 Å². The van der Waals surface area contributed by atoms with Crippen molar-refractivity contribution in [2.24, 2.45) is 5.41 Å². The summed E-state index contributed by atoms with van der Waals surface area (Å²) in [6, 6.07) is 5.03. The van der Waals surface area contributed by atoms with E-state index in [4.69, 9.17) is 16.3 Å². The normalized spacial score (nSPS) is 20.0. The lowest BCUT2D eigenvalue weighted by Crippen LogP contribution is -2.42. The number of allylic oxidation sites excluding steroid dienone is 2. The number of esters is 1. The first-order valence-corrected chi connectivity index (χ1v) is 8.64. The van der Waals surface area contributed by atoms with E-state index in [1.54, 1.807) is 51.1 Å². The molecule has 0 unspecified atom stereocenters. The second kappa shape index (κ2) is 7.12. The third kappa shape index (κ3) is 4.37. The van der Waals surface area contributed by atoms with Gasteiger partial charge >= 0.3 is 5.97 Å². The molecular formula is C20H23ClO4. The Morgan fingerprint density at radius 2 is 1.96 bits per heavy atom. The van der Waals surface area contributed by atoms with Crippen LogP contribution in [0.1, 0.15) is 56.5 Å². The van der Waals surface area contributed by atoms with Gasteiger partial charge in [0, 0.05) is 17.0 Å². The van der Waals surface area contributed by atoms with Crippen molar-refractivity contribution in [2.75, 3.05) is 0 Å². The van der Waals surface area contributed by atoms with Crippen LogP contribution in [0, 0.1) is 5.41 Å². The van der Waals surface area contributed by atoms with E-state index < -0.39 is 17.0 Å². The number of ketones is 2. The third-order valence-corrected chi connectivity index (χ3v) is 4.30. The number of ether oxygens (including phenoxy) is 1. The summed E-state index contributed by atoms with van der Waals surface area (Å²) >= 11 is 6.03. The fourth-order valence-corrected chi connectivity index (χ4v) is 3.11. The summed E-state index contributed by atoms with van der Waals surface area (Å²) < 4.78 is 5.54. The number of hydrogen-bond donors (Lipinski definition) is 0. The molecule has 1 atom stereocenters. The summed E-state index contributed by atoms with van der Waals surface area (Å²) in [6.07, 6.45) is 4.13. The molecule has 0 N–H and O–H groups in total. The molecule has 2 rings (SSSR count). The Bertz CT molecular complexity index is 743. The second-order valence-corrected chi connectivity index (χ2v) is 7.91. The quantitative estimate of drug-likeness (QED) is 0.444. The molecule has 0 fully saturated rings. The molecule has 1 aliphatic rings. The van der Waals surface area contributed by atoms with E-state index in [2.05, 4.69) is 0 Å². The first-order valence-electron chi connectivity index (χ1n) is 8.26. The maximum Gasteiger partial charge on any atom is 0.321 e. The third-order valence-electron chi connectivity index (χ3n) is 4.07. The van der Waals surface area contributed by atoms with Gasteiger partial charge in [-0.2, -0.15) is 0 Å². The van der Waals surface area contributed by atoms with Crippen LogP contribution in [0.3, 0.4) is 0 Å². The van der Waals surface area contributed by atoms with Gasteiger partial charge in [0.1, 0.15) is 16.8 Å². The molecule has 0 spiro atoms. The topological polar surface area (TPSA) is 60.4 Å². The maximum atomic E-state index is 13.0. The largest absolute Gasteiger partial charge is 0.459 e. The standard InChI is InChI=1S/C20H23ClO4/c1-13(22)7-5-6-10-20(18(24)25-19(2,3)4)12-14-11-15(21)8-9-16(14)17(20)23/h5-6,8-9,11H,7,10,12H2,1-4H3/b6-5+/t20-/m1/s1. The van der Waals surface area contributed by atoms with Gasteiger partial charge in [0.05, 0.1) is 0 Å². The Morgan fingerprint density at radius 1 is 1.28 bits per heavy atom. The van der Waals surface area contributed by atoms with Crippen LogP contribution in [0.15, 0.2) is 30.4 Å². The minimum absolute atomic E-state index is 0.0235. The Balaban J connectivity index is 2.37. The Kier molecular flexibility index (Phi) is 5.52. The summed E-state index contributed by atoms with van der Waals surface area (Å²) in [5.41, 5.74) is -0.730. The first-order chi connectivity index (χ1) is 11.5. The SMILES string of the molecule is CC(=O)C/C=C/C[C@@]1(C(=O)OC(C)(C)C)Cc2cc(Cl)ccc2C1=O. The van der Waals surface area contributed by atoms with E-state index in [9.17, 15) is 14.4 Å². The number of halogens is 1. The average molecular weight is 363 g/mol. The number of carbonyl (C=O) groups is 3. The molecule has 25 heavy (non-hydrogen) atoms. The summed E-state index contributed by atoms with van der Waals surface area (Å²) in [6.45, 7) is 6.81. The zero-order valence-electron chi connectivity index (χ0n) is 15.0. The molecule has 1 aliphatic carbocycles. The van der Waals surface area contributed by atoms with Gasteiger partial charge in [-0.05, 0) is 64.3 Å². The van der Waals surface area contributed by atoms with Crippen LogP contribution in [-0.4, -0.2) is 23.1 Å². The van der Waals surface area contributed by atoms with Crippen molar-refractivity contribution in [3.63, 3.8) is 0 Å². The van der Waals surface area contributed by atoms with Crippen molar-refractivity contribution in [2.45, 2.75) is 52.6 Å². The van der Waals surface area contributed by atoms with Crippen LogP contribution in [0.25, 0.3) is 0 Å². The van der Waals surface area contributed by atoms with Gasteiger partial charge in [0.2, 0.25) is 0 Å². The predicted molar refractivity (Wildman–Crippen MR) is 96.8 cm³/mol. The van der Waals surface area contributed by atoms with E-state index >= 15 is 0 Å². The molecule has 0 radical (unpaired) electrons. The minimum Gasteiger partial charge on any atom is -0.459 e. The van der Waals surface area contributed by atoms with Gasteiger partial charge in [-0.25, -0.2) is 0 Å². The van der Waals surface area contributed by atoms with Crippen LogP contribution >= 0.6 is 11.6 Å². The zero-order valence-corrected chi connectivity index (χ0v) is 15.8. The number of Topliss-reactive ketones (excluding diaryl/α,β-unsaturated/α-hetero) is 2. The number of hydrogen-bond acceptors (Lipinski definition) is 4. The fraction of sp³-hybridized carbons (Fsp3) is 0.450. The molecule has 0 amide bonds. The van der Waals surface area contributed by atoms with E-state index in [0.717, 1.165) is 5.56 Å². The van der Waals surface area contributed by atoms with Crippen molar-refractivity contribution in [3.05, 3.63) is 46.5 Å². The monoisotopic (exact) mass is 362 g/mol. The predicted octanol–water partition coefficient (Wildman–Crippen LogP) is 4.33. The molecule has 4 nitrogen and oxygen atoms in total. The van der Waals surface area contributed by atoms with Gasteiger partial charge in [-0.15, -0.1) is 0 Å². The summed E-state index contributed by atoms with van der Waals surface area (Å²) in [5, 5.41) is 0.527. The number of carbonyl (C=O) groups excluding carboxylic acids is 3. The zero-order chi connectivity index (χ0) is 18.8. The molecule has 1 aromatic rings. The lowest BCUT2D eigenvalue weighted by atomic mass is 9.80. The summed E-state index contributed by atoms with van der Waals surface area (Å²) in [7, 11) is 0. The highest BCUT2D eigenvalue weighted by molar-refractivity contribution is 6.31. The second-order valence-electron chi connectivity index (χ2n) is 7.47. The highest BCUT2D eigenvalue weighted by Crippen LogP contribution is 2.42. The average Bonchev–Trinajstić information content (AvgIpc) is 2.75. The Labute approximate surface area is 153 Å². The molecule has 1 aromatic carbocycles. The summed E-state index contributed by atoms with van der Waals surface area (Å²) in [5.74, 6) is -0.763. The van der Waals surface area contributed by atoms with Crippen molar-refractivity contribution in [3.8, 4) is 0 Å². The van der Waals surface area contributed by atoms with Gasteiger partial charge in [0.15, 0.2) is 5.78 Å². The molecule has 0 bridgehead atoms. The van der Waals surface area contributed by atoms with Crippen molar-refractivity contribution in [1.29, 1.82) is 0 Å². The van der Waals surface area contributed by atoms with Crippen LogP contribution in [-0.2, 0) is 20.7 Å². The fourth-order valence-electron chi connectivity index (χ4n) is 2.92. The molecule has 0 heterocycles. The van der Waals surface area contributed by atoms with Gasteiger partial charge < -0.3 is 4.74 Å². The first kappa shape index (κ1) is 19.4. The Morgan fingerprint density at radius 3 is 2.56 bits per heavy atom. The van der Waals surface area contributed by atoms with Crippen LogP contribution in [0.4, 0.5) is 0 Å². The molecular weight excluding hydrogens is 340 g/mol. The maximum absolute atomic E-state index is 13.0. The van der Waals surface area contributed by atoms with E-state index in [-0.39, 0.29) is 30.8 Å². The van der Waals surface area contributed by atoms with Crippen molar-refractivity contribution in [1.82, 2.24) is 0 Å². The van der Waals surface area contributed by atoms with Gasteiger partial charge in [-0.3, -0.25) is 14.4 Å². The lowest BCUT2D eigenvalue weighted by molar-refractivity contribution is -0.164. The van der Waals surface area contributed by atoms with Gasteiger partial charge in [0.25, 0.3) is 0 Å². The number of benzene rings is 1. The van der Waals surface area contributed by atoms with Crippen molar-refractivity contribution >= 4 is 29.1 Å². The van der Waals surface area contributed by atoms with Crippen LogP contribution in [0.5, 0.6) is 0 Å². The van der Waals surface area contributed by atoms with Crippen LogP contribution in [0.2, 0.25) is 5.02 Å². The number of fused-ring (bicyclic) bond motifs is 1. The highest BCUT2D eigenvalue weighted by atomic mass is 35.5. The Hall–Kier alpha value is -1.94. The van der Waals surface area contributed by atoms with E-state index in [1.165, 1.54) is 6.92 Å². The molecule has 0 aliphatic heterocycles. The number of rotatable bonds is 5. The molecule has 0 aromatic heterocycles. The molecule has 134 valence electrons. The minimum atomic E-state index is -1.30. The molecule has 5 heteroatoms. The lowest BCUT2D eigenvalue weighted by Gasteiger charge is -2.29. The van der Waals surface area contributed by atoms with E-state index in [1.807, 2.05) is 0 Å². The van der Waals surface area contributed by atoms with Crippen molar-refractivity contribution < 1.29 is 19.1 Å². The molecule has 0 saturated carbocycles. The highest BCUT2D eigenvalue weighted by Gasteiger charge is 2.52.